The largest absolute Gasteiger partial charge is 0.352 e. The fourth-order valence-corrected chi connectivity index (χ4v) is 5.21. The Balaban J connectivity index is 1.51. The van der Waals surface area contributed by atoms with Crippen molar-refractivity contribution in [2.45, 2.75) is 30.3 Å². The number of sulfonamides is 1. The van der Waals surface area contributed by atoms with Crippen LogP contribution in [-0.2, 0) is 33.1 Å². The summed E-state index contributed by atoms with van der Waals surface area (Å²) in [6.07, 6.45) is 3.33. The second-order valence-corrected chi connectivity index (χ2v) is 9.33. The number of benzene rings is 1. The van der Waals surface area contributed by atoms with Gasteiger partial charge in [-0.3, -0.25) is 0 Å². The van der Waals surface area contributed by atoms with E-state index in [4.69, 9.17) is 9.47 Å². The first kappa shape index (κ1) is 20.4. The maximum absolute atomic E-state index is 13.1. The highest BCUT2D eigenvalue weighted by atomic mass is 32.2. The Bertz CT molecular complexity index is 928. The molecule has 2 aliphatic heterocycles. The molecule has 10 heteroatoms. The van der Waals surface area contributed by atoms with Gasteiger partial charge in [-0.1, -0.05) is 12.1 Å². The Morgan fingerprint density at radius 1 is 1.21 bits per heavy atom. The van der Waals surface area contributed by atoms with Crippen molar-refractivity contribution in [2.75, 3.05) is 26.3 Å². The van der Waals surface area contributed by atoms with Crippen LogP contribution >= 0.6 is 0 Å². The number of halogens is 1. The van der Waals surface area contributed by atoms with Gasteiger partial charge in [0.1, 0.15) is 5.82 Å². The molecule has 158 valence electrons. The van der Waals surface area contributed by atoms with Crippen molar-refractivity contribution >= 4 is 10.0 Å². The van der Waals surface area contributed by atoms with Crippen molar-refractivity contribution in [3.63, 3.8) is 0 Å². The smallest absolute Gasteiger partial charge is 0.262 e. The Hall–Kier alpha value is -1.85. The minimum absolute atomic E-state index is 0.0309. The van der Waals surface area contributed by atoms with Crippen molar-refractivity contribution in [3.8, 4) is 0 Å². The van der Waals surface area contributed by atoms with E-state index in [0.29, 0.717) is 19.8 Å². The lowest BCUT2D eigenvalue weighted by molar-refractivity contribution is -0.205. The maximum atomic E-state index is 13.1. The van der Waals surface area contributed by atoms with E-state index < -0.39 is 16.3 Å². The van der Waals surface area contributed by atoms with Crippen molar-refractivity contribution in [1.29, 1.82) is 0 Å². The standard InChI is InChI=1S/C19H25FN4O4S/c1-23-12-18(22-13-23)29(25,26)24-10-16(19-27-7-2-8-28-19)17(11-24)21-9-14-3-5-15(20)6-4-14/h3-6,12-13,16-17,19,21H,2,7-11H2,1H3/t16-,17-/m0/s1. The van der Waals surface area contributed by atoms with E-state index in [1.54, 1.807) is 23.7 Å². The van der Waals surface area contributed by atoms with Gasteiger partial charge in [0.25, 0.3) is 10.0 Å². The number of nitrogens with zero attached hydrogens (tertiary/aromatic N) is 3. The second kappa shape index (κ2) is 8.49. The van der Waals surface area contributed by atoms with Gasteiger partial charge < -0.3 is 19.4 Å². The number of hydrogen-bond acceptors (Lipinski definition) is 6. The van der Waals surface area contributed by atoms with Crippen LogP contribution < -0.4 is 5.32 Å². The van der Waals surface area contributed by atoms with Crippen LogP contribution in [0.1, 0.15) is 12.0 Å². The van der Waals surface area contributed by atoms with Gasteiger partial charge >= 0.3 is 0 Å². The Kier molecular flexibility index (Phi) is 5.98. The molecular formula is C19H25FN4O4S. The molecule has 2 fully saturated rings. The lowest BCUT2D eigenvalue weighted by atomic mass is 10.0. The molecule has 2 aliphatic rings. The monoisotopic (exact) mass is 424 g/mol. The van der Waals surface area contributed by atoms with Crippen LogP contribution in [-0.4, -0.2) is 60.9 Å². The molecule has 29 heavy (non-hydrogen) atoms. The number of nitrogens with one attached hydrogen (secondary N) is 1. The normalized spacial score (nSPS) is 24.2. The summed E-state index contributed by atoms with van der Waals surface area (Å²) in [6, 6.07) is 6.08. The summed E-state index contributed by atoms with van der Waals surface area (Å²) in [7, 11) is -1.98. The van der Waals surface area contributed by atoms with E-state index in [0.717, 1.165) is 12.0 Å². The topological polar surface area (TPSA) is 85.7 Å². The van der Waals surface area contributed by atoms with Gasteiger partial charge in [-0.2, -0.15) is 4.31 Å². The van der Waals surface area contributed by atoms with Gasteiger partial charge in [0.15, 0.2) is 11.3 Å². The highest BCUT2D eigenvalue weighted by Crippen LogP contribution is 2.29. The first-order chi connectivity index (χ1) is 13.9. The number of hydrogen-bond donors (Lipinski definition) is 1. The van der Waals surface area contributed by atoms with Crippen molar-refractivity contribution in [3.05, 3.63) is 48.2 Å². The van der Waals surface area contributed by atoms with Gasteiger partial charge in [-0.15, -0.1) is 0 Å². The minimum Gasteiger partial charge on any atom is -0.352 e. The predicted octanol–water partition coefficient (Wildman–Crippen LogP) is 1.10. The molecule has 1 aromatic carbocycles. The molecule has 1 aromatic heterocycles. The Labute approximate surface area is 169 Å². The fraction of sp³-hybridized carbons (Fsp3) is 0.526. The minimum atomic E-state index is -3.71. The average Bonchev–Trinajstić information content (AvgIpc) is 3.35. The highest BCUT2D eigenvalue weighted by molar-refractivity contribution is 7.89. The van der Waals surface area contributed by atoms with Gasteiger partial charge in [0, 0.05) is 44.8 Å². The molecule has 4 rings (SSSR count). The van der Waals surface area contributed by atoms with E-state index >= 15 is 0 Å². The van der Waals surface area contributed by atoms with Crippen LogP contribution in [0.3, 0.4) is 0 Å². The zero-order valence-electron chi connectivity index (χ0n) is 16.2. The van der Waals surface area contributed by atoms with Crippen LogP contribution in [0, 0.1) is 11.7 Å². The first-order valence-corrected chi connectivity index (χ1v) is 11.1. The number of aryl methyl sites for hydroxylation is 1. The predicted molar refractivity (Wildman–Crippen MR) is 103 cm³/mol. The third kappa shape index (κ3) is 4.51. The third-order valence-electron chi connectivity index (χ3n) is 5.30. The summed E-state index contributed by atoms with van der Waals surface area (Å²) >= 11 is 0. The maximum Gasteiger partial charge on any atom is 0.262 e. The first-order valence-electron chi connectivity index (χ1n) is 9.62. The van der Waals surface area contributed by atoms with Crippen LogP contribution in [0.2, 0.25) is 0 Å². The molecule has 0 amide bonds. The Morgan fingerprint density at radius 3 is 2.59 bits per heavy atom. The molecule has 0 aliphatic carbocycles. The molecule has 1 N–H and O–H groups in total. The van der Waals surface area contributed by atoms with Crippen molar-refractivity contribution < 1.29 is 22.3 Å². The molecule has 2 saturated heterocycles. The van der Waals surface area contributed by atoms with Gasteiger partial charge in [-0.25, -0.2) is 17.8 Å². The Morgan fingerprint density at radius 2 is 1.93 bits per heavy atom. The molecule has 8 nitrogen and oxygen atoms in total. The molecule has 2 aromatic rings. The number of rotatable bonds is 6. The molecule has 0 radical (unpaired) electrons. The molecule has 0 unspecified atom stereocenters. The van der Waals surface area contributed by atoms with Crippen LogP contribution in [0.4, 0.5) is 4.39 Å². The lowest BCUT2D eigenvalue weighted by Gasteiger charge is -2.31. The van der Waals surface area contributed by atoms with Crippen molar-refractivity contribution in [2.24, 2.45) is 13.0 Å². The quantitative estimate of drug-likeness (QED) is 0.748. The zero-order chi connectivity index (χ0) is 20.4. The SMILES string of the molecule is Cn1cnc(S(=O)(=O)N2C[C@H](NCc3ccc(F)cc3)[C@@H](C3OCCCO3)C2)c1. The van der Waals surface area contributed by atoms with E-state index in [2.05, 4.69) is 10.3 Å². The van der Waals surface area contributed by atoms with E-state index in [9.17, 15) is 12.8 Å². The van der Waals surface area contributed by atoms with Gasteiger partial charge in [-0.05, 0) is 24.1 Å². The third-order valence-corrected chi connectivity index (χ3v) is 7.02. The average molecular weight is 424 g/mol. The molecule has 0 saturated carbocycles. The van der Waals surface area contributed by atoms with E-state index in [1.165, 1.54) is 29.0 Å². The number of ether oxygens (including phenoxy) is 2. The van der Waals surface area contributed by atoms with Crippen LogP contribution in [0.5, 0.6) is 0 Å². The zero-order valence-corrected chi connectivity index (χ0v) is 17.0. The van der Waals surface area contributed by atoms with Crippen LogP contribution in [0.25, 0.3) is 0 Å². The summed E-state index contributed by atoms with van der Waals surface area (Å²) in [5, 5.41) is 3.44. The van der Waals surface area contributed by atoms with Crippen LogP contribution in [0.15, 0.2) is 41.8 Å². The van der Waals surface area contributed by atoms with E-state index in [-0.39, 0.29) is 35.9 Å². The molecule has 0 spiro atoms. The van der Waals surface area contributed by atoms with Gasteiger partial charge in [0.2, 0.25) is 0 Å². The lowest BCUT2D eigenvalue weighted by Crippen LogP contribution is -2.44. The number of imidazole rings is 1. The molecular weight excluding hydrogens is 399 g/mol. The summed E-state index contributed by atoms with van der Waals surface area (Å²) in [5.41, 5.74) is 0.918. The number of aromatic nitrogens is 2. The van der Waals surface area contributed by atoms with Crippen molar-refractivity contribution in [1.82, 2.24) is 19.2 Å². The molecule has 2 atom stereocenters. The van der Waals surface area contributed by atoms with Gasteiger partial charge in [0.05, 0.1) is 19.5 Å². The summed E-state index contributed by atoms with van der Waals surface area (Å²) in [5.74, 6) is -0.446. The summed E-state index contributed by atoms with van der Waals surface area (Å²) in [4.78, 5) is 4.01. The summed E-state index contributed by atoms with van der Waals surface area (Å²) < 4.78 is 53.8. The fourth-order valence-electron chi connectivity index (χ4n) is 3.74. The molecule has 0 bridgehead atoms. The highest BCUT2D eigenvalue weighted by Gasteiger charge is 2.44. The molecule has 3 heterocycles. The second-order valence-electron chi connectivity index (χ2n) is 7.44. The summed E-state index contributed by atoms with van der Waals surface area (Å²) in [6.45, 7) is 2.25. The van der Waals surface area contributed by atoms with E-state index in [1.807, 2.05) is 0 Å².